The zero-order valence-corrected chi connectivity index (χ0v) is 7.41. The molecule has 0 unspecified atom stereocenters. The van der Waals surface area contributed by atoms with Crippen molar-refractivity contribution in [3.05, 3.63) is 0 Å². The normalized spacial score (nSPS) is 11.2. The van der Waals surface area contributed by atoms with Crippen molar-refractivity contribution in [2.24, 2.45) is 0 Å². The number of hydrogen-bond acceptors (Lipinski definition) is 6. The number of esters is 1. The van der Waals surface area contributed by atoms with Crippen LogP contribution < -0.4 is 9.79 Å². The molecule has 0 aliphatic heterocycles. The maximum Gasteiger partial charge on any atom is 0.305 e. The molecule has 0 aliphatic rings. The minimum absolute atomic E-state index is 0.201. The number of carbonyl (C=O) groups excluding carboxylic acids is 1. The molecule has 12 heavy (non-hydrogen) atoms. The Labute approximate surface area is 69.7 Å². The predicted molar refractivity (Wildman–Crippen MR) is 34.8 cm³/mol. The van der Waals surface area contributed by atoms with Crippen molar-refractivity contribution in [3.63, 3.8) is 0 Å². The lowest BCUT2D eigenvalue weighted by molar-refractivity contribution is -0.342. The summed E-state index contributed by atoms with van der Waals surface area (Å²) in [5, 5.41) is 0. The quantitative estimate of drug-likeness (QED) is 0.310. The van der Waals surface area contributed by atoms with E-state index in [0.29, 0.717) is 0 Å². The fourth-order valence-corrected chi connectivity index (χ4v) is 0.705. The Bertz CT molecular complexity index is 184. The van der Waals surface area contributed by atoms with Crippen LogP contribution in [0.25, 0.3) is 0 Å². The van der Waals surface area contributed by atoms with Crippen molar-refractivity contribution in [2.45, 2.75) is 13.3 Å². The standard InChI is InChI=1S/C5H11O6P/c1-2-5(6)10-3-4-11-12(7,8)9/h2-4H2,1H3,(H2,7,8,9)/p-2. The van der Waals surface area contributed by atoms with Crippen LogP contribution in [0.4, 0.5) is 0 Å². The smallest absolute Gasteiger partial charge is 0.305 e. The van der Waals surface area contributed by atoms with Gasteiger partial charge in [-0.3, -0.25) is 4.79 Å². The number of rotatable bonds is 5. The second-order valence-electron chi connectivity index (χ2n) is 1.85. The Morgan fingerprint density at radius 2 is 2.00 bits per heavy atom. The summed E-state index contributed by atoms with van der Waals surface area (Å²) in [7, 11) is -4.93. The van der Waals surface area contributed by atoms with Crippen molar-refractivity contribution < 1.29 is 28.4 Å². The van der Waals surface area contributed by atoms with Crippen LogP contribution in [-0.2, 0) is 18.6 Å². The molecule has 0 aliphatic carbocycles. The van der Waals surface area contributed by atoms with E-state index in [1.807, 2.05) is 0 Å². The third-order valence-corrected chi connectivity index (χ3v) is 1.38. The first-order valence-corrected chi connectivity index (χ1v) is 4.74. The van der Waals surface area contributed by atoms with Gasteiger partial charge >= 0.3 is 5.97 Å². The number of ether oxygens (including phenoxy) is 1. The predicted octanol–water partition coefficient (Wildman–Crippen LogP) is -1.22. The zero-order chi connectivity index (χ0) is 9.61. The summed E-state index contributed by atoms with van der Waals surface area (Å²) >= 11 is 0. The molecule has 0 rings (SSSR count). The van der Waals surface area contributed by atoms with Gasteiger partial charge in [-0.05, 0) is 0 Å². The molecule has 0 saturated heterocycles. The van der Waals surface area contributed by atoms with Crippen LogP contribution in [0, 0.1) is 0 Å². The fourth-order valence-electron chi connectivity index (χ4n) is 0.407. The topological polar surface area (TPSA) is 98.7 Å². The molecule has 72 valence electrons. The van der Waals surface area contributed by atoms with E-state index in [0.717, 1.165) is 0 Å². The van der Waals surface area contributed by atoms with Crippen LogP contribution in [0.3, 0.4) is 0 Å². The van der Waals surface area contributed by atoms with Crippen molar-refractivity contribution in [1.82, 2.24) is 0 Å². The van der Waals surface area contributed by atoms with Crippen LogP contribution >= 0.6 is 7.82 Å². The van der Waals surface area contributed by atoms with Gasteiger partial charge in [0.05, 0.1) is 14.4 Å². The van der Waals surface area contributed by atoms with Crippen LogP contribution in [0.15, 0.2) is 0 Å². The van der Waals surface area contributed by atoms with Gasteiger partial charge in [-0.15, -0.1) is 0 Å². The molecule has 0 N–H and O–H groups in total. The average Bonchev–Trinajstić information content (AvgIpc) is 1.96. The highest BCUT2D eigenvalue weighted by atomic mass is 31.2. The monoisotopic (exact) mass is 196 g/mol. The van der Waals surface area contributed by atoms with E-state index < -0.39 is 20.4 Å². The summed E-state index contributed by atoms with van der Waals surface area (Å²) < 4.78 is 18.1. The maximum absolute atomic E-state index is 10.4. The number of carbonyl (C=O) groups is 1. The molecule has 0 radical (unpaired) electrons. The van der Waals surface area contributed by atoms with Gasteiger partial charge in [-0.1, -0.05) is 6.92 Å². The molecule has 0 aromatic rings. The molecule has 0 atom stereocenters. The van der Waals surface area contributed by atoms with E-state index in [4.69, 9.17) is 0 Å². The summed E-state index contributed by atoms with van der Waals surface area (Å²) in [5.74, 6) is -0.467. The molecular formula is C5H9O6P-2. The molecule has 0 amide bonds. The van der Waals surface area contributed by atoms with E-state index in [1.54, 1.807) is 6.92 Å². The van der Waals surface area contributed by atoms with Crippen molar-refractivity contribution in [2.75, 3.05) is 13.2 Å². The highest BCUT2D eigenvalue weighted by molar-refractivity contribution is 7.43. The van der Waals surface area contributed by atoms with Gasteiger partial charge in [-0.25, -0.2) is 0 Å². The Morgan fingerprint density at radius 3 is 2.42 bits per heavy atom. The highest BCUT2D eigenvalue weighted by Gasteiger charge is 1.97. The molecule has 0 saturated carbocycles. The molecule has 6 nitrogen and oxygen atoms in total. The third-order valence-electron chi connectivity index (χ3n) is 0.884. The Kier molecular flexibility index (Phi) is 5.08. The van der Waals surface area contributed by atoms with Crippen LogP contribution in [0.2, 0.25) is 0 Å². The van der Waals surface area contributed by atoms with E-state index in [9.17, 15) is 19.1 Å². The molecule has 0 heterocycles. The van der Waals surface area contributed by atoms with E-state index in [2.05, 4.69) is 9.26 Å². The lowest BCUT2D eigenvalue weighted by Gasteiger charge is -2.28. The SMILES string of the molecule is CCC(=O)OCCOP(=O)([O-])[O-]. The third kappa shape index (κ3) is 7.68. The first kappa shape index (κ1) is 11.6. The average molecular weight is 196 g/mol. The summed E-state index contributed by atoms with van der Waals surface area (Å²) in [6, 6.07) is 0. The first-order chi connectivity index (χ1) is 5.45. The van der Waals surface area contributed by atoms with Crippen molar-refractivity contribution in [1.29, 1.82) is 0 Å². The first-order valence-electron chi connectivity index (χ1n) is 3.28. The molecule has 0 aromatic heterocycles. The molecular weight excluding hydrogens is 187 g/mol. The largest absolute Gasteiger partial charge is 0.790 e. The molecule has 0 aromatic carbocycles. The van der Waals surface area contributed by atoms with Gasteiger partial charge in [0.25, 0.3) is 0 Å². The molecule has 0 spiro atoms. The molecule has 0 bridgehead atoms. The summed E-state index contributed by atoms with van der Waals surface area (Å²) in [6.07, 6.45) is 0.201. The minimum atomic E-state index is -4.93. The van der Waals surface area contributed by atoms with E-state index in [-0.39, 0.29) is 13.0 Å². The summed E-state index contributed by atoms with van der Waals surface area (Å²) in [5.41, 5.74) is 0. The summed E-state index contributed by atoms with van der Waals surface area (Å²) in [4.78, 5) is 30.1. The Morgan fingerprint density at radius 1 is 1.42 bits per heavy atom. The van der Waals surface area contributed by atoms with E-state index >= 15 is 0 Å². The Hall–Kier alpha value is -0.420. The highest BCUT2D eigenvalue weighted by Crippen LogP contribution is 2.23. The van der Waals surface area contributed by atoms with Gasteiger partial charge in [0.2, 0.25) is 0 Å². The second-order valence-corrected chi connectivity index (χ2v) is 3.01. The molecule has 7 heteroatoms. The number of hydrogen-bond donors (Lipinski definition) is 0. The van der Waals surface area contributed by atoms with Gasteiger partial charge in [0, 0.05) is 6.42 Å². The van der Waals surface area contributed by atoms with Crippen LogP contribution in [0.1, 0.15) is 13.3 Å². The van der Waals surface area contributed by atoms with Gasteiger partial charge in [0.1, 0.15) is 6.61 Å². The van der Waals surface area contributed by atoms with Gasteiger partial charge < -0.3 is 23.6 Å². The summed E-state index contributed by atoms with van der Waals surface area (Å²) in [6.45, 7) is 0.951. The van der Waals surface area contributed by atoms with Crippen molar-refractivity contribution in [3.8, 4) is 0 Å². The van der Waals surface area contributed by atoms with Gasteiger partial charge in [0.15, 0.2) is 0 Å². The van der Waals surface area contributed by atoms with E-state index in [1.165, 1.54) is 0 Å². The Balaban J connectivity index is 3.34. The second kappa shape index (κ2) is 5.27. The van der Waals surface area contributed by atoms with Crippen LogP contribution in [0.5, 0.6) is 0 Å². The number of phosphoric ester groups is 1. The van der Waals surface area contributed by atoms with Crippen LogP contribution in [-0.4, -0.2) is 19.2 Å². The lowest BCUT2D eigenvalue weighted by atomic mass is 10.5. The fraction of sp³-hybridized carbons (Fsp3) is 0.800. The number of phosphoric acid groups is 1. The zero-order valence-electron chi connectivity index (χ0n) is 6.52. The maximum atomic E-state index is 10.4. The van der Waals surface area contributed by atoms with Crippen molar-refractivity contribution >= 4 is 13.8 Å². The lowest BCUT2D eigenvalue weighted by Crippen LogP contribution is -2.19. The van der Waals surface area contributed by atoms with Gasteiger partial charge in [-0.2, -0.15) is 0 Å². The molecule has 0 fully saturated rings. The minimum Gasteiger partial charge on any atom is -0.790 e.